The van der Waals surface area contributed by atoms with Crippen LogP contribution in [0, 0.1) is 6.92 Å². The maximum absolute atomic E-state index is 11.5. The van der Waals surface area contributed by atoms with Crippen molar-refractivity contribution in [2.75, 3.05) is 19.1 Å². The van der Waals surface area contributed by atoms with Crippen LogP contribution in [0.1, 0.15) is 20.4 Å². The van der Waals surface area contributed by atoms with Crippen molar-refractivity contribution in [3.63, 3.8) is 0 Å². The van der Waals surface area contributed by atoms with Crippen LogP contribution < -0.4 is 4.90 Å². The molecule has 0 aliphatic carbocycles. The molecule has 0 N–H and O–H groups in total. The third-order valence-corrected chi connectivity index (χ3v) is 4.70. The van der Waals surface area contributed by atoms with Gasteiger partial charge in [-0.2, -0.15) is 0 Å². The van der Waals surface area contributed by atoms with Gasteiger partial charge in [0.1, 0.15) is 0 Å². The van der Waals surface area contributed by atoms with E-state index < -0.39 is 5.97 Å². The maximum Gasteiger partial charge on any atom is 0.351 e. The lowest BCUT2D eigenvalue weighted by Crippen LogP contribution is -2.16. The maximum atomic E-state index is 11.5. The largest absolute Gasteiger partial charge is 0.465 e. The number of aromatic nitrogens is 2. The zero-order valence-corrected chi connectivity index (χ0v) is 13.0. The van der Waals surface area contributed by atoms with Crippen LogP contribution in [0.5, 0.6) is 0 Å². The number of thiazole rings is 2. The highest BCUT2D eigenvalue weighted by Gasteiger charge is 2.19. The van der Waals surface area contributed by atoms with E-state index in [1.807, 2.05) is 24.3 Å². The average Bonchev–Trinajstić information content (AvgIpc) is 2.95. The first-order valence-corrected chi connectivity index (χ1v) is 7.45. The molecule has 2 aromatic heterocycles. The molecule has 0 aliphatic rings. The lowest BCUT2D eigenvalue weighted by atomic mass is 10.4. The van der Waals surface area contributed by atoms with Gasteiger partial charge in [-0.05, 0) is 6.92 Å². The number of anilines is 1. The van der Waals surface area contributed by atoms with Gasteiger partial charge >= 0.3 is 5.97 Å². The number of hydrogen-bond acceptors (Lipinski definition) is 7. The average molecular weight is 318 g/mol. The Balaban J connectivity index is 2.15. The number of aryl methyl sites for hydroxylation is 1. The van der Waals surface area contributed by atoms with Gasteiger partial charge in [-0.3, -0.25) is 0 Å². The zero-order valence-electron chi connectivity index (χ0n) is 10.6. The Morgan fingerprint density at radius 2 is 2.26 bits per heavy atom. The van der Waals surface area contributed by atoms with Gasteiger partial charge in [0.2, 0.25) is 0 Å². The Hall–Kier alpha value is -1.18. The molecule has 0 aliphatic heterocycles. The van der Waals surface area contributed by atoms with Gasteiger partial charge in [0.05, 0.1) is 24.4 Å². The van der Waals surface area contributed by atoms with Crippen LogP contribution in [0.2, 0.25) is 5.15 Å². The summed E-state index contributed by atoms with van der Waals surface area (Å²) in [6.07, 6.45) is 0. The lowest BCUT2D eigenvalue weighted by molar-refractivity contribution is 0.0606. The lowest BCUT2D eigenvalue weighted by Gasteiger charge is -2.13. The zero-order chi connectivity index (χ0) is 14.0. The molecule has 0 unspecified atom stereocenters. The first kappa shape index (κ1) is 14.2. The Morgan fingerprint density at radius 1 is 1.53 bits per heavy atom. The highest BCUT2D eigenvalue weighted by molar-refractivity contribution is 7.18. The molecular formula is C11H12ClN3O2S2. The van der Waals surface area contributed by atoms with E-state index in [-0.39, 0.29) is 5.15 Å². The molecule has 5 nitrogen and oxygen atoms in total. The van der Waals surface area contributed by atoms with E-state index in [0.717, 1.165) is 10.7 Å². The van der Waals surface area contributed by atoms with Crippen molar-refractivity contribution in [3.05, 3.63) is 26.1 Å². The van der Waals surface area contributed by atoms with Crippen molar-refractivity contribution in [1.82, 2.24) is 9.97 Å². The number of halogens is 1. The highest BCUT2D eigenvalue weighted by Crippen LogP contribution is 2.30. The number of rotatable bonds is 4. The van der Waals surface area contributed by atoms with Crippen LogP contribution in [0.3, 0.4) is 0 Å². The molecule has 0 bridgehead atoms. The molecule has 0 atom stereocenters. The van der Waals surface area contributed by atoms with Crippen LogP contribution in [0.4, 0.5) is 5.13 Å². The van der Waals surface area contributed by atoms with E-state index in [9.17, 15) is 4.79 Å². The van der Waals surface area contributed by atoms with Gasteiger partial charge in [0.15, 0.2) is 15.2 Å². The number of carbonyl (C=O) groups excluding carboxylic acids is 1. The van der Waals surface area contributed by atoms with Crippen molar-refractivity contribution in [2.45, 2.75) is 13.5 Å². The number of carbonyl (C=O) groups is 1. The molecule has 2 heterocycles. The number of methoxy groups -OCH3 is 1. The van der Waals surface area contributed by atoms with Crippen molar-refractivity contribution >= 4 is 45.4 Å². The fraction of sp³-hybridized carbons (Fsp3) is 0.364. The standard InChI is InChI=1S/C11H12ClN3O2S2/c1-6-13-7(5-18-6)4-15(2)11-14-9(12)8(19-11)10(16)17-3/h5H,4H2,1-3H3. The fourth-order valence-corrected chi connectivity index (χ4v) is 3.23. The molecule has 0 spiro atoms. The first-order valence-electron chi connectivity index (χ1n) is 5.38. The minimum atomic E-state index is -0.466. The van der Waals surface area contributed by atoms with Crippen molar-refractivity contribution < 1.29 is 9.53 Å². The number of nitrogens with zero attached hydrogens (tertiary/aromatic N) is 3. The minimum absolute atomic E-state index is 0.174. The molecule has 0 fully saturated rings. The second kappa shape index (κ2) is 5.85. The Bertz CT molecular complexity index is 597. The van der Waals surface area contributed by atoms with Crippen molar-refractivity contribution in [3.8, 4) is 0 Å². The molecule has 0 amide bonds. The number of ether oxygens (including phenoxy) is 1. The number of esters is 1. The van der Waals surface area contributed by atoms with Gasteiger partial charge in [-0.1, -0.05) is 22.9 Å². The van der Waals surface area contributed by atoms with Crippen molar-refractivity contribution in [1.29, 1.82) is 0 Å². The fourth-order valence-electron chi connectivity index (χ4n) is 1.46. The summed E-state index contributed by atoms with van der Waals surface area (Å²) in [5, 5.41) is 3.86. The molecule has 0 saturated carbocycles. The molecular weight excluding hydrogens is 306 g/mol. The predicted molar refractivity (Wildman–Crippen MR) is 77.4 cm³/mol. The Kier molecular flexibility index (Phi) is 4.38. The Morgan fingerprint density at radius 3 is 2.84 bits per heavy atom. The van der Waals surface area contributed by atoms with Crippen LogP contribution in [0.15, 0.2) is 5.38 Å². The summed E-state index contributed by atoms with van der Waals surface area (Å²) < 4.78 is 4.65. The SMILES string of the molecule is COC(=O)c1sc(N(C)Cc2csc(C)n2)nc1Cl. The molecule has 0 saturated heterocycles. The van der Waals surface area contributed by atoms with E-state index in [2.05, 4.69) is 14.7 Å². The quantitative estimate of drug-likeness (QED) is 0.811. The van der Waals surface area contributed by atoms with Gasteiger partial charge in [0.25, 0.3) is 0 Å². The topological polar surface area (TPSA) is 55.3 Å². The van der Waals surface area contributed by atoms with Gasteiger partial charge in [-0.15, -0.1) is 11.3 Å². The summed E-state index contributed by atoms with van der Waals surface area (Å²) >= 11 is 8.74. The molecule has 8 heteroatoms. The van der Waals surface area contributed by atoms with Crippen LogP contribution in [-0.2, 0) is 11.3 Å². The summed E-state index contributed by atoms with van der Waals surface area (Å²) in [5.74, 6) is -0.466. The third-order valence-electron chi connectivity index (χ3n) is 2.34. The van der Waals surface area contributed by atoms with E-state index in [4.69, 9.17) is 11.6 Å². The monoisotopic (exact) mass is 317 g/mol. The first-order chi connectivity index (χ1) is 9.01. The summed E-state index contributed by atoms with van der Waals surface area (Å²) in [5.41, 5.74) is 0.968. The second-order valence-electron chi connectivity index (χ2n) is 3.82. The van der Waals surface area contributed by atoms with E-state index >= 15 is 0 Å². The summed E-state index contributed by atoms with van der Waals surface area (Å²) in [7, 11) is 3.20. The smallest absolute Gasteiger partial charge is 0.351 e. The van der Waals surface area contributed by atoms with Gasteiger partial charge < -0.3 is 9.64 Å². The predicted octanol–water partition coefficient (Wildman–Crippen LogP) is 2.98. The summed E-state index contributed by atoms with van der Waals surface area (Å²) in [4.78, 5) is 22.2. The Labute approximate surface area is 123 Å². The molecule has 0 radical (unpaired) electrons. The van der Waals surface area contributed by atoms with Crippen LogP contribution in [0.25, 0.3) is 0 Å². The van der Waals surface area contributed by atoms with E-state index in [1.54, 1.807) is 11.3 Å². The van der Waals surface area contributed by atoms with Gasteiger partial charge in [-0.25, -0.2) is 14.8 Å². The highest BCUT2D eigenvalue weighted by atomic mass is 35.5. The summed E-state index contributed by atoms with van der Waals surface area (Å²) in [6, 6.07) is 0. The van der Waals surface area contributed by atoms with Crippen LogP contribution in [-0.4, -0.2) is 30.1 Å². The third kappa shape index (κ3) is 3.23. The van der Waals surface area contributed by atoms with Crippen molar-refractivity contribution in [2.24, 2.45) is 0 Å². The van der Waals surface area contributed by atoms with Gasteiger partial charge in [0, 0.05) is 12.4 Å². The van der Waals surface area contributed by atoms with E-state index in [1.165, 1.54) is 18.4 Å². The second-order valence-corrected chi connectivity index (χ2v) is 6.22. The molecule has 0 aromatic carbocycles. The molecule has 2 rings (SSSR count). The molecule has 19 heavy (non-hydrogen) atoms. The molecule has 2 aromatic rings. The minimum Gasteiger partial charge on any atom is -0.465 e. The number of hydrogen-bond donors (Lipinski definition) is 0. The summed E-state index contributed by atoms with van der Waals surface area (Å²) in [6.45, 7) is 2.58. The normalized spacial score (nSPS) is 10.5. The van der Waals surface area contributed by atoms with E-state index in [0.29, 0.717) is 16.6 Å². The molecule has 102 valence electrons. The van der Waals surface area contributed by atoms with Crippen LogP contribution >= 0.6 is 34.3 Å².